The Bertz CT molecular complexity index is 1100. The lowest BCUT2D eigenvalue weighted by Crippen LogP contribution is -2.20. The van der Waals surface area contributed by atoms with Crippen LogP contribution in [0.15, 0.2) is 48.5 Å². The first kappa shape index (κ1) is 20.9. The van der Waals surface area contributed by atoms with E-state index in [2.05, 4.69) is 64.8 Å². The normalized spacial score (nSPS) is 12.2. The van der Waals surface area contributed by atoms with Gasteiger partial charge in [-0.25, -0.2) is 9.67 Å². The molecule has 160 valence electrons. The van der Waals surface area contributed by atoms with E-state index in [1.165, 1.54) is 5.56 Å². The minimum Gasteiger partial charge on any atom is -0.328 e. The van der Waals surface area contributed by atoms with Crippen molar-refractivity contribution in [2.45, 2.75) is 52.1 Å². The average molecular weight is 417 g/mol. The van der Waals surface area contributed by atoms with Crippen molar-refractivity contribution < 1.29 is 0 Å². The third-order valence-electron chi connectivity index (χ3n) is 5.48. The van der Waals surface area contributed by atoms with Crippen LogP contribution >= 0.6 is 0 Å². The van der Waals surface area contributed by atoms with Gasteiger partial charge in [-0.2, -0.15) is 10.3 Å². The van der Waals surface area contributed by atoms with Gasteiger partial charge in [-0.15, -0.1) is 10.2 Å². The summed E-state index contributed by atoms with van der Waals surface area (Å²) in [6.07, 6.45) is 3.57. The van der Waals surface area contributed by atoms with E-state index in [0.717, 1.165) is 54.0 Å². The van der Waals surface area contributed by atoms with Gasteiger partial charge in [-0.3, -0.25) is 0 Å². The number of nitrogens with one attached hydrogen (secondary N) is 1. The highest BCUT2D eigenvalue weighted by molar-refractivity contribution is 5.80. The van der Waals surface area contributed by atoms with Crippen LogP contribution in [0.4, 0.5) is 0 Å². The molecular weight excluding hydrogens is 388 g/mol. The van der Waals surface area contributed by atoms with Crippen molar-refractivity contribution in [3.8, 4) is 22.5 Å². The first-order chi connectivity index (χ1) is 15.2. The second kappa shape index (κ2) is 9.61. The number of aromatic nitrogens is 7. The van der Waals surface area contributed by atoms with Crippen LogP contribution < -0.4 is 5.73 Å². The topological polar surface area (TPSA) is 111 Å². The van der Waals surface area contributed by atoms with Crippen LogP contribution in [0.5, 0.6) is 0 Å². The molecule has 0 bridgehead atoms. The SMILES string of the molecule is CCc1nc(CCC(N)CC)n(Cc2ccc(-c3ccccc3-c3nn[nH]n3)cc2)n1. The van der Waals surface area contributed by atoms with E-state index in [4.69, 9.17) is 15.8 Å². The molecule has 0 aliphatic carbocycles. The van der Waals surface area contributed by atoms with Crippen molar-refractivity contribution in [1.82, 2.24) is 35.4 Å². The number of benzene rings is 2. The van der Waals surface area contributed by atoms with Crippen LogP contribution in [-0.2, 0) is 19.4 Å². The second-order valence-corrected chi connectivity index (χ2v) is 7.64. The van der Waals surface area contributed by atoms with Gasteiger partial charge in [0.05, 0.1) is 6.54 Å². The zero-order chi connectivity index (χ0) is 21.6. The number of H-pyrrole nitrogens is 1. The zero-order valence-electron chi connectivity index (χ0n) is 18.0. The highest BCUT2D eigenvalue weighted by Gasteiger charge is 2.13. The molecule has 0 saturated heterocycles. The lowest BCUT2D eigenvalue weighted by Gasteiger charge is -2.11. The Morgan fingerprint density at radius 1 is 1.03 bits per heavy atom. The number of tetrazole rings is 1. The van der Waals surface area contributed by atoms with Crippen LogP contribution in [0.25, 0.3) is 22.5 Å². The maximum absolute atomic E-state index is 6.11. The summed E-state index contributed by atoms with van der Waals surface area (Å²) in [5, 5.41) is 19.2. The van der Waals surface area contributed by atoms with E-state index >= 15 is 0 Å². The zero-order valence-corrected chi connectivity index (χ0v) is 18.0. The molecule has 3 N–H and O–H groups in total. The van der Waals surface area contributed by atoms with Crippen LogP contribution in [0.3, 0.4) is 0 Å². The molecule has 0 aliphatic rings. The highest BCUT2D eigenvalue weighted by atomic mass is 15.5. The van der Waals surface area contributed by atoms with Crippen molar-refractivity contribution in [2.75, 3.05) is 0 Å². The van der Waals surface area contributed by atoms with Crippen molar-refractivity contribution in [2.24, 2.45) is 5.73 Å². The third kappa shape index (κ3) is 4.86. The fraction of sp³-hybridized carbons (Fsp3) is 0.348. The van der Waals surface area contributed by atoms with E-state index in [0.29, 0.717) is 12.4 Å². The van der Waals surface area contributed by atoms with E-state index in [-0.39, 0.29) is 6.04 Å². The number of nitrogens with two attached hydrogens (primary N) is 1. The molecule has 0 aliphatic heterocycles. The van der Waals surface area contributed by atoms with Gasteiger partial charge in [0.15, 0.2) is 5.82 Å². The van der Waals surface area contributed by atoms with E-state index < -0.39 is 0 Å². The van der Waals surface area contributed by atoms with Crippen LogP contribution in [0, 0.1) is 0 Å². The Morgan fingerprint density at radius 2 is 1.81 bits per heavy atom. The molecule has 2 heterocycles. The minimum atomic E-state index is 0.203. The molecule has 0 amide bonds. The molecule has 8 nitrogen and oxygen atoms in total. The fourth-order valence-corrected chi connectivity index (χ4v) is 3.57. The molecule has 4 rings (SSSR count). The van der Waals surface area contributed by atoms with Gasteiger partial charge in [0.1, 0.15) is 5.82 Å². The number of rotatable bonds is 9. The van der Waals surface area contributed by atoms with Crippen LogP contribution in [0.2, 0.25) is 0 Å². The van der Waals surface area contributed by atoms with Crippen LogP contribution in [0.1, 0.15) is 43.9 Å². The lowest BCUT2D eigenvalue weighted by molar-refractivity contribution is 0.557. The number of aromatic amines is 1. The highest BCUT2D eigenvalue weighted by Crippen LogP contribution is 2.29. The Balaban J connectivity index is 1.55. The van der Waals surface area contributed by atoms with Gasteiger partial charge < -0.3 is 5.73 Å². The third-order valence-corrected chi connectivity index (χ3v) is 5.48. The summed E-state index contributed by atoms with van der Waals surface area (Å²) in [7, 11) is 0. The van der Waals surface area contributed by atoms with E-state index in [1.54, 1.807) is 0 Å². The summed E-state index contributed by atoms with van der Waals surface area (Å²) < 4.78 is 2.02. The smallest absolute Gasteiger partial charge is 0.205 e. The standard InChI is InChI=1S/C23H28N8/c1-3-18(24)13-14-22-25-21(4-2)28-31(22)15-16-9-11-17(12-10-16)19-7-5-6-8-20(19)23-26-29-30-27-23/h5-12,18H,3-4,13-15,24H2,1-2H3,(H,26,27,29,30). The van der Waals surface area contributed by atoms with Crippen molar-refractivity contribution in [3.05, 3.63) is 65.7 Å². The van der Waals surface area contributed by atoms with Gasteiger partial charge in [0, 0.05) is 24.4 Å². The molecule has 0 spiro atoms. The molecule has 1 atom stereocenters. The monoisotopic (exact) mass is 416 g/mol. The Hall–Kier alpha value is -3.39. The Kier molecular flexibility index (Phi) is 6.47. The maximum atomic E-state index is 6.11. The van der Waals surface area contributed by atoms with E-state index in [9.17, 15) is 0 Å². The summed E-state index contributed by atoms with van der Waals surface area (Å²) >= 11 is 0. The van der Waals surface area contributed by atoms with Gasteiger partial charge in [-0.05, 0) is 34.7 Å². The number of nitrogens with zero attached hydrogens (tertiary/aromatic N) is 6. The first-order valence-electron chi connectivity index (χ1n) is 10.8. The lowest BCUT2D eigenvalue weighted by atomic mass is 9.98. The van der Waals surface area contributed by atoms with Gasteiger partial charge in [0.25, 0.3) is 0 Å². The summed E-state index contributed by atoms with van der Waals surface area (Å²) in [6.45, 7) is 4.89. The molecule has 4 aromatic rings. The molecule has 1 unspecified atom stereocenters. The molecule has 0 radical (unpaired) electrons. The number of aryl methyl sites for hydroxylation is 2. The molecular formula is C23H28N8. The summed E-state index contributed by atoms with van der Waals surface area (Å²) in [4.78, 5) is 4.71. The molecule has 8 heteroatoms. The molecule has 2 aromatic carbocycles. The molecule has 0 saturated carbocycles. The van der Waals surface area contributed by atoms with Crippen molar-refractivity contribution in [3.63, 3.8) is 0 Å². The van der Waals surface area contributed by atoms with Gasteiger partial charge in [-0.1, -0.05) is 62.4 Å². The minimum absolute atomic E-state index is 0.203. The summed E-state index contributed by atoms with van der Waals surface area (Å²) in [6, 6.07) is 16.8. The molecule has 31 heavy (non-hydrogen) atoms. The number of hydrogen-bond acceptors (Lipinski definition) is 6. The first-order valence-corrected chi connectivity index (χ1v) is 10.8. The Labute approximate surface area is 181 Å². The predicted octanol–water partition coefficient (Wildman–Crippen LogP) is 3.41. The van der Waals surface area contributed by atoms with Crippen molar-refractivity contribution in [1.29, 1.82) is 0 Å². The Morgan fingerprint density at radius 3 is 2.48 bits per heavy atom. The van der Waals surface area contributed by atoms with E-state index in [1.807, 2.05) is 22.9 Å². The summed E-state index contributed by atoms with van der Waals surface area (Å²) in [5.74, 6) is 2.47. The maximum Gasteiger partial charge on any atom is 0.205 e. The number of hydrogen-bond donors (Lipinski definition) is 2. The summed E-state index contributed by atoms with van der Waals surface area (Å²) in [5.41, 5.74) is 10.4. The second-order valence-electron chi connectivity index (χ2n) is 7.64. The predicted molar refractivity (Wildman–Crippen MR) is 120 cm³/mol. The van der Waals surface area contributed by atoms with Crippen molar-refractivity contribution >= 4 is 0 Å². The van der Waals surface area contributed by atoms with Gasteiger partial charge >= 0.3 is 0 Å². The fourth-order valence-electron chi connectivity index (χ4n) is 3.57. The quantitative estimate of drug-likeness (QED) is 0.432. The average Bonchev–Trinajstić information content (AvgIpc) is 3.48. The van der Waals surface area contributed by atoms with Gasteiger partial charge in [0.2, 0.25) is 5.82 Å². The largest absolute Gasteiger partial charge is 0.328 e. The van der Waals surface area contributed by atoms with Crippen LogP contribution in [-0.4, -0.2) is 41.4 Å². The molecule has 2 aromatic heterocycles. The molecule has 0 fully saturated rings.